The van der Waals surface area contributed by atoms with Gasteiger partial charge in [0.15, 0.2) is 0 Å². The molecule has 0 saturated carbocycles. The molecule has 0 aromatic rings. The lowest BCUT2D eigenvalue weighted by atomic mass is 9.92. The van der Waals surface area contributed by atoms with E-state index in [1.54, 1.807) is 20.8 Å². The monoisotopic (exact) mass is 301 g/mol. The van der Waals surface area contributed by atoms with Crippen molar-refractivity contribution < 1.29 is 23.8 Å². The Morgan fingerprint density at radius 2 is 1.76 bits per heavy atom. The van der Waals surface area contributed by atoms with E-state index in [1.165, 1.54) is 19.1 Å². The van der Waals surface area contributed by atoms with Crippen LogP contribution in [0.5, 0.6) is 0 Å². The van der Waals surface area contributed by atoms with Crippen molar-refractivity contribution in [2.45, 2.75) is 58.9 Å². The third-order valence-corrected chi connectivity index (χ3v) is 3.65. The van der Waals surface area contributed by atoms with Crippen LogP contribution in [0.2, 0.25) is 0 Å². The lowest BCUT2D eigenvalue weighted by molar-refractivity contribution is -0.148. The number of esters is 1. The number of amides is 1. The molecule has 0 aliphatic carbocycles. The molecule has 122 valence electrons. The van der Waals surface area contributed by atoms with E-state index < -0.39 is 29.9 Å². The lowest BCUT2D eigenvalue weighted by Crippen LogP contribution is -2.49. The molecule has 3 atom stereocenters. The van der Waals surface area contributed by atoms with Crippen LogP contribution in [0.25, 0.3) is 0 Å². The fourth-order valence-corrected chi connectivity index (χ4v) is 2.65. The number of carbonyl (C=O) groups excluding carboxylic acids is 2. The third kappa shape index (κ3) is 4.09. The molecule has 0 N–H and O–H groups in total. The van der Waals surface area contributed by atoms with Crippen molar-refractivity contribution in [1.82, 2.24) is 4.90 Å². The Morgan fingerprint density at radius 1 is 1.19 bits per heavy atom. The lowest BCUT2D eigenvalue weighted by Gasteiger charge is -2.32. The number of nitrogens with zero attached hydrogens (tertiary/aromatic N) is 1. The quantitative estimate of drug-likeness (QED) is 0.749. The Labute approximate surface area is 126 Å². The van der Waals surface area contributed by atoms with Gasteiger partial charge in [-0.1, -0.05) is 13.8 Å². The molecule has 21 heavy (non-hydrogen) atoms. The summed E-state index contributed by atoms with van der Waals surface area (Å²) in [6, 6.07) is -0.665. The van der Waals surface area contributed by atoms with E-state index >= 15 is 0 Å². The Balaban J connectivity index is 3.07. The summed E-state index contributed by atoms with van der Waals surface area (Å²) in [5.41, 5.74) is -0.633. The minimum absolute atomic E-state index is 0.0617. The standard InChI is InChI=1S/C15H27NO5/c1-9(2)10-8-11(13(17)20-7)16(12(10)19-6)14(18)21-15(3,4)5/h9-12H,8H2,1-7H3/t10-,11-,12?/m0/s1. The minimum Gasteiger partial charge on any atom is -0.467 e. The average molecular weight is 301 g/mol. The van der Waals surface area contributed by atoms with Crippen molar-refractivity contribution in [3.63, 3.8) is 0 Å². The van der Waals surface area contributed by atoms with E-state index in [0.717, 1.165) is 0 Å². The second-order valence-electron chi connectivity index (χ2n) is 6.70. The van der Waals surface area contributed by atoms with Crippen LogP contribution >= 0.6 is 0 Å². The average Bonchev–Trinajstić information content (AvgIpc) is 2.75. The van der Waals surface area contributed by atoms with Crippen LogP contribution in [0.4, 0.5) is 4.79 Å². The Morgan fingerprint density at radius 3 is 2.14 bits per heavy atom. The van der Waals surface area contributed by atoms with Gasteiger partial charge in [-0.25, -0.2) is 9.59 Å². The van der Waals surface area contributed by atoms with E-state index in [-0.39, 0.29) is 11.8 Å². The molecule has 1 fully saturated rings. The van der Waals surface area contributed by atoms with E-state index in [4.69, 9.17) is 14.2 Å². The van der Waals surface area contributed by atoms with Crippen LogP contribution in [0, 0.1) is 11.8 Å². The van der Waals surface area contributed by atoms with Crippen molar-refractivity contribution >= 4 is 12.1 Å². The van der Waals surface area contributed by atoms with Crippen LogP contribution in [-0.2, 0) is 19.0 Å². The number of likely N-dealkylation sites (tertiary alicyclic amines) is 1. The van der Waals surface area contributed by atoms with Crippen LogP contribution in [-0.4, -0.2) is 49.1 Å². The zero-order valence-corrected chi connectivity index (χ0v) is 14.0. The van der Waals surface area contributed by atoms with Crippen molar-refractivity contribution in [2.24, 2.45) is 11.8 Å². The molecule has 0 radical (unpaired) electrons. The first-order chi connectivity index (χ1) is 9.62. The molecule has 1 aliphatic heterocycles. The molecule has 1 heterocycles. The number of ether oxygens (including phenoxy) is 3. The van der Waals surface area contributed by atoms with Crippen molar-refractivity contribution in [1.29, 1.82) is 0 Å². The van der Waals surface area contributed by atoms with Crippen LogP contribution in [0.15, 0.2) is 0 Å². The summed E-state index contributed by atoms with van der Waals surface area (Å²) in [5, 5.41) is 0. The molecule has 0 spiro atoms. The molecule has 0 bridgehead atoms. The summed E-state index contributed by atoms with van der Waals surface area (Å²) in [5.74, 6) is -0.104. The first-order valence-electron chi connectivity index (χ1n) is 7.24. The van der Waals surface area contributed by atoms with E-state index in [0.29, 0.717) is 6.42 Å². The van der Waals surface area contributed by atoms with Gasteiger partial charge >= 0.3 is 12.1 Å². The molecule has 1 rings (SSSR count). The summed E-state index contributed by atoms with van der Waals surface area (Å²) in [7, 11) is 2.86. The second-order valence-corrected chi connectivity index (χ2v) is 6.70. The largest absolute Gasteiger partial charge is 0.467 e. The van der Waals surface area contributed by atoms with Gasteiger partial charge in [0.05, 0.1) is 7.11 Å². The first kappa shape index (κ1) is 17.8. The summed E-state index contributed by atoms with van der Waals surface area (Å²) in [4.78, 5) is 25.8. The molecule has 1 saturated heterocycles. The molecule has 6 heteroatoms. The van der Waals surface area contributed by atoms with Gasteiger partial charge in [-0.3, -0.25) is 4.90 Å². The molecule has 0 aromatic heterocycles. The predicted octanol–water partition coefficient (Wildman–Crippen LogP) is 2.41. The van der Waals surface area contributed by atoms with Crippen molar-refractivity contribution in [3.8, 4) is 0 Å². The number of rotatable bonds is 3. The van der Waals surface area contributed by atoms with Gasteiger partial charge in [0.2, 0.25) is 0 Å². The van der Waals surface area contributed by atoms with Gasteiger partial charge in [0.25, 0.3) is 0 Å². The number of hydrogen-bond acceptors (Lipinski definition) is 5. The molecule has 6 nitrogen and oxygen atoms in total. The SMILES string of the molecule is COC(=O)[C@@H]1C[C@@H](C(C)C)C(OC)N1C(=O)OC(C)(C)C. The predicted molar refractivity (Wildman–Crippen MR) is 77.6 cm³/mol. The van der Waals surface area contributed by atoms with Gasteiger partial charge < -0.3 is 14.2 Å². The highest BCUT2D eigenvalue weighted by molar-refractivity contribution is 5.82. The Kier molecular flexibility index (Phi) is 5.61. The number of hydrogen-bond donors (Lipinski definition) is 0. The molecular weight excluding hydrogens is 274 g/mol. The smallest absolute Gasteiger partial charge is 0.413 e. The zero-order valence-electron chi connectivity index (χ0n) is 14.0. The highest BCUT2D eigenvalue weighted by Gasteiger charge is 2.50. The second kappa shape index (κ2) is 6.64. The molecular formula is C15H27NO5. The van der Waals surface area contributed by atoms with Gasteiger partial charge in [-0.05, 0) is 33.1 Å². The summed E-state index contributed by atoms with van der Waals surface area (Å²) in [6.45, 7) is 9.45. The summed E-state index contributed by atoms with van der Waals surface area (Å²) >= 11 is 0. The van der Waals surface area contributed by atoms with E-state index in [1.807, 2.05) is 13.8 Å². The number of methoxy groups -OCH3 is 2. The highest BCUT2D eigenvalue weighted by atomic mass is 16.6. The van der Waals surface area contributed by atoms with Gasteiger partial charge in [-0.2, -0.15) is 0 Å². The molecule has 0 aromatic carbocycles. The van der Waals surface area contributed by atoms with Crippen LogP contribution < -0.4 is 0 Å². The summed E-state index contributed by atoms with van der Waals surface area (Å²) < 4.78 is 15.7. The Bertz CT molecular complexity index is 388. The van der Waals surface area contributed by atoms with Gasteiger partial charge in [0, 0.05) is 13.0 Å². The first-order valence-corrected chi connectivity index (χ1v) is 7.24. The normalized spacial score (nSPS) is 26.1. The van der Waals surface area contributed by atoms with E-state index in [2.05, 4.69) is 0 Å². The maximum atomic E-state index is 12.4. The maximum Gasteiger partial charge on any atom is 0.413 e. The zero-order chi connectivity index (χ0) is 16.4. The van der Waals surface area contributed by atoms with Crippen molar-refractivity contribution in [3.05, 3.63) is 0 Å². The third-order valence-electron chi connectivity index (χ3n) is 3.65. The highest BCUT2D eigenvalue weighted by Crippen LogP contribution is 2.36. The van der Waals surface area contributed by atoms with Gasteiger partial charge in [0.1, 0.15) is 17.9 Å². The minimum atomic E-state index is -0.665. The number of carbonyl (C=O) groups is 2. The summed E-state index contributed by atoms with van der Waals surface area (Å²) in [6.07, 6.45) is -0.515. The molecule has 1 amide bonds. The van der Waals surface area contributed by atoms with E-state index in [9.17, 15) is 9.59 Å². The molecule has 1 aliphatic rings. The topological polar surface area (TPSA) is 65.1 Å². The maximum absolute atomic E-state index is 12.4. The molecule has 1 unspecified atom stereocenters. The Hall–Kier alpha value is -1.30. The van der Waals surface area contributed by atoms with Crippen LogP contribution in [0.1, 0.15) is 41.0 Å². The fourth-order valence-electron chi connectivity index (χ4n) is 2.65. The van der Waals surface area contributed by atoms with Crippen LogP contribution in [0.3, 0.4) is 0 Å². The van der Waals surface area contributed by atoms with Gasteiger partial charge in [-0.15, -0.1) is 0 Å². The fraction of sp³-hybridized carbons (Fsp3) is 0.867. The van der Waals surface area contributed by atoms with Crippen molar-refractivity contribution in [2.75, 3.05) is 14.2 Å².